The summed E-state index contributed by atoms with van der Waals surface area (Å²) < 4.78 is 0. The van der Waals surface area contributed by atoms with E-state index in [9.17, 15) is 0 Å². The normalized spacial score (nSPS) is 7.20. The fourth-order valence-electron chi connectivity index (χ4n) is 0. The third-order valence-electron chi connectivity index (χ3n) is 0. The predicted molar refractivity (Wildman–Crippen MR) is 39.8 cm³/mol. The molecule has 0 aliphatic carbocycles. The van der Waals surface area contributed by atoms with Crippen LogP contribution in [0.5, 0.6) is 0 Å². The van der Waals surface area contributed by atoms with E-state index in [1.807, 2.05) is 0 Å². The summed E-state index contributed by atoms with van der Waals surface area (Å²) in [6, 6.07) is 0. The van der Waals surface area contributed by atoms with Gasteiger partial charge in [-0.1, -0.05) is 0 Å². The van der Waals surface area contributed by atoms with Crippen molar-refractivity contribution in [2.45, 2.75) is 0 Å². The van der Waals surface area contributed by atoms with Crippen molar-refractivity contribution >= 4 is 63.8 Å². The Balaban J connectivity index is 0. The van der Waals surface area contributed by atoms with E-state index in [0.717, 1.165) is 0 Å². The van der Waals surface area contributed by atoms with Crippen molar-refractivity contribution in [2.24, 2.45) is 0 Å². The molecular formula is HBiBr3Cl. The van der Waals surface area contributed by atoms with Crippen molar-refractivity contribution in [2.75, 3.05) is 0 Å². The first kappa shape index (κ1) is 10.6. The van der Waals surface area contributed by atoms with Crippen molar-refractivity contribution in [1.29, 1.82) is 0 Å². The molecular weight excluding hydrogens is 484 g/mol. The zero-order chi connectivity index (χ0) is 3.58. The molecule has 0 spiro atoms. The van der Waals surface area contributed by atoms with Gasteiger partial charge in [0.05, 0.1) is 0 Å². The average molecular weight is 485 g/mol. The molecule has 0 unspecified atom stereocenters. The molecule has 5 heavy (non-hydrogen) atoms. The topological polar surface area (TPSA) is 0 Å². The molecule has 0 nitrogen and oxygen atoms in total. The maximum atomic E-state index is 3.31. The van der Waals surface area contributed by atoms with Crippen molar-refractivity contribution in [3.8, 4) is 0 Å². The van der Waals surface area contributed by atoms with Crippen LogP contribution in [0, 0.1) is 0 Å². The molecule has 0 fully saturated rings. The quantitative estimate of drug-likeness (QED) is 0.464. The Morgan fingerprint density at radius 2 is 1.00 bits per heavy atom. The van der Waals surface area contributed by atoms with Gasteiger partial charge in [0, 0.05) is 0 Å². The number of hydrogen-bond donors (Lipinski definition) is 0. The molecule has 0 aliphatic rings. The molecule has 0 saturated heterocycles. The van der Waals surface area contributed by atoms with E-state index in [0.29, 0.717) is 0 Å². The van der Waals surface area contributed by atoms with E-state index >= 15 is 0 Å². The van der Waals surface area contributed by atoms with E-state index in [4.69, 9.17) is 0 Å². The van der Waals surface area contributed by atoms with Crippen LogP contribution >= 0.6 is 49.1 Å². The van der Waals surface area contributed by atoms with Crippen LogP contribution < -0.4 is 0 Å². The summed E-state index contributed by atoms with van der Waals surface area (Å²) >= 11 is 8.77. The van der Waals surface area contributed by atoms with Crippen LogP contribution in [0.25, 0.3) is 0 Å². The number of rotatable bonds is 0. The Kier molecular flexibility index (Phi) is 14.0. The SMILES string of the molecule is Cl.[Br][Bi]([Br])[Br]. The molecule has 0 aromatic rings. The zero-order valence-electron chi connectivity index (χ0n) is 1.99. The van der Waals surface area contributed by atoms with Gasteiger partial charge in [0.2, 0.25) is 0 Å². The van der Waals surface area contributed by atoms with Crippen LogP contribution in [0.3, 0.4) is 0 Å². The van der Waals surface area contributed by atoms with Gasteiger partial charge in [0.15, 0.2) is 0 Å². The number of hydrogen-bond acceptors (Lipinski definition) is 0. The molecule has 0 aliphatic heterocycles. The van der Waals surface area contributed by atoms with Crippen LogP contribution in [-0.2, 0) is 0 Å². The summed E-state index contributed by atoms with van der Waals surface area (Å²) in [5.41, 5.74) is 0. The molecule has 0 rings (SSSR count). The average Bonchev–Trinajstić information content (AvgIpc) is 0.811. The minimum atomic E-state index is -1.16. The van der Waals surface area contributed by atoms with Crippen LogP contribution in [0.1, 0.15) is 0 Å². The molecule has 0 N–H and O–H groups in total. The summed E-state index contributed by atoms with van der Waals surface area (Å²) in [6.45, 7) is 0. The van der Waals surface area contributed by atoms with Gasteiger partial charge in [-0.3, -0.25) is 0 Å². The first-order valence-electron chi connectivity index (χ1n) is 0.507. The van der Waals surface area contributed by atoms with E-state index in [2.05, 4.69) is 36.7 Å². The van der Waals surface area contributed by atoms with Crippen LogP contribution in [-0.4, -0.2) is 14.7 Å². The van der Waals surface area contributed by atoms with Gasteiger partial charge >= 0.3 is 51.4 Å². The van der Waals surface area contributed by atoms with Crippen LogP contribution in [0.2, 0.25) is 0 Å². The van der Waals surface area contributed by atoms with Crippen molar-refractivity contribution in [1.82, 2.24) is 0 Å². The Morgan fingerprint density at radius 1 is 1.00 bits per heavy atom. The third-order valence-corrected chi connectivity index (χ3v) is 0. The summed E-state index contributed by atoms with van der Waals surface area (Å²) in [5, 5.41) is 0. The molecule has 0 amide bonds. The van der Waals surface area contributed by atoms with Gasteiger partial charge in [-0.05, 0) is 0 Å². The van der Waals surface area contributed by atoms with Crippen LogP contribution in [0.15, 0.2) is 0 Å². The molecule has 0 radical (unpaired) electrons. The summed E-state index contributed by atoms with van der Waals surface area (Å²) in [6.07, 6.45) is 0. The predicted octanol–water partition coefficient (Wildman–Crippen LogP) is 2.58. The Bertz CT molecular complexity index is 11.6. The first-order chi connectivity index (χ1) is 1.73. The zero-order valence-corrected chi connectivity index (χ0v) is 11.0. The van der Waals surface area contributed by atoms with Crippen molar-refractivity contribution < 1.29 is 0 Å². The minimum absolute atomic E-state index is 0. The molecule has 0 heterocycles. The van der Waals surface area contributed by atoms with E-state index in [1.165, 1.54) is 0 Å². The van der Waals surface area contributed by atoms with Crippen LogP contribution in [0.4, 0.5) is 0 Å². The molecule has 0 bridgehead atoms. The fourth-order valence-corrected chi connectivity index (χ4v) is 0. The first-order valence-corrected chi connectivity index (χ1v) is 23.1. The van der Waals surface area contributed by atoms with E-state index in [1.54, 1.807) is 0 Å². The summed E-state index contributed by atoms with van der Waals surface area (Å²) in [4.78, 5) is 0. The monoisotopic (exact) mass is 482 g/mol. The van der Waals surface area contributed by atoms with Gasteiger partial charge in [0.25, 0.3) is 0 Å². The fraction of sp³-hybridized carbons (Fsp3) is 0. The van der Waals surface area contributed by atoms with Crippen molar-refractivity contribution in [3.63, 3.8) is 0 Å². The second-order valence-corrected chi connectivity index (χ2v) is 45.4. The standard InChI is InChI=1S/Bi.3BrH.ClH/h;4*1H/q+3;;;;/p-3. The van der Waals surface area contributed by atoms with Gasteiger partial charge in [-0.2, -0.15) is 0 Å². The second-order valence-electron chi connectivity index (χ2n) is 0.192. The molecule has 34 valence electrons. The Labute approximate surface area is 62.5 Å². The third kappa shape index (κ3) is 20.6. The molecule has 0 aromatic carbocycles. The van der Waals surface area contributed by atoms with E-state index < -0.39 is 14.7 Å². The number of halogens is 4. The molecule has 0 aromatic heterocycles. The Morgan fingerprint density at radius 3 is 1.00 bits per heavy atom. The van der Waals surface area contributed by atoms with E-state index in [-0.39, 0.29) is 12.4 Å². The van der Waals surface area contributed by atoms with Gasteiger partial charge in [-0.15, -0.1) is 12.4 Å². The molecule has 5 heteroatoms. The van der Waals surface area contributed by atoms with Gasteiger partial charge < -0.3 is 0 Å². The maximum absolute atomic E-state index is 3.31. The van der Waals surface area contributed by atoms with Crippen molar-refractivity contribution in [3.05, 3.63) is 0 Å². The molecule has 0 saturated carbocycles. The second kappa shape index (κ2) is 6.61. The van der Waals surface area contributed by atoms with Gasteiger partial charge in [0.1, 0.15) is 0 Å². The summed E-state index contributed by atoms with van der Waals surface area (Å²) in [7, 11) is 0. The summed E-state index contributed by atoms with van der Waals surface area (Å²) in [5.74, 6) is 0. The Hall–Kier alpha value is 2.61. The van der Waals surface area contributed by atoms with Gasteiger partial charge in [-0.25, -0.2) is 0 Å². The molecule has 0 atom stereocenters.